The summed E-state index contributed by atoms with van der Waals surface area (Å²) in [4.78, 5) is 5.11. The molecule has 32 heavy (non-hydrogen) atoms. The number of aryl methyl sites for hydroxylation is 2. The molecule has 3 aromatic carbocycles. The van der Waals surface area contributed by atoms with Crippen molar-refractivity contribution >= 4 is 10.8 Å². The van der Waals surface area contributed by atoms with E-state index in [9.17, 15) is 0 Å². The molecule has 0 saturated heterocycles. The Kier molecular flexibility index (Phi) is 7.17. The van der Waals surface area contributed by atoms with E-state index in [2.05, 4.69) is 99.1 Å². The van der Waals surface area contributed by atoms with Crippen LogP contribution in [0.1, 0.15) is 55.4 Å². The monoisotopic (exact) mass is 430 g/mol. The van der Waals surface area contributed by atoms with Gasteiger partial charge < -0.3 is 4.74 Å². The highest BCUT2D eigenvalue weighted by molar-refractivity contribution is 5.83. The molecule has 3 aromatic rings. The van der Waals surface area contributed by atoms with Gasteiger partial charge in [0.2, 0.25) is 0 Å². The Labute approximate surface area is 194 Å². The highest BCUT2D eigenvalue weighted by Gasteiger charge is 2.30. The average Bonchev–Trinajstić information content (AvgIpc) is 2.80. The minimum absolute atomic E-state index is 0.0623. The molecule has 0 radical (unpaired) electrons. The van der Waals surface area contributed by atoms with Gasteiger partial charge in [-0.2, -0.15) is 0 Å². The van der Waals surface area contributed by atoms with Gasteiger partial charge >= 0.3 is 0 Å². The van der Waals surface area contributed by atoms with Gasteiger partial charge in [-0.05, 0) is 85.3 Å². The van der Waals surface area contributed by atoms with Crippen LogP contribution in [0, 0.1) is 13.8 Å². The molecule has 0 saturated carbocycles. The summed E-state index contributed by atoms with van der Waals surface area (Å²) in [6.45, 7) is 11.1. The summed E-state index contributed by atoms with van der Waals surface area (Å²) in [5, 5.41) is 2.48. The standard InChI is InChI=1S/C29H38N2O/c1-6-10-29(32-27-14-13-23-11-8-9-12-24(23)19-27)30(5)28(7-2)31-16-15-25-17-21(3)22(4)18-26(25)20-31/h8-9,11-14,17-19,28-29H,6-7,10,15-16,20H2,1-5H3. The highest BCUT2D eigenvalue weighted by atomic mass is 16.5. The first-order valence-corrected chi connectivity index (χ1v) is 12.2. The first kappa shape index (κ1) is 22.8. The second-order valence-corrected chi connectivity index (χ2v) is 9.35. The Balaban J connectivity index is 1.52. The van der Waals surface area contributed by atoms with Crippen LogP contribution in [-0.4, -0.2) is 35.8 Å². The number of hydrogen-bond acceptors (Lipinski definition) is 3. The number of ether oxygens (including phenoxy) is 1. The molecule has 170 valence electrons. The average molecular weight is 431 g/mol. The molecule has 3 heteroatoms. The van der Waals surface area contributed by atoms with Crippen molar-refractivity contribution in [1.82, 2.24) is 9.80 Å². The predicted octanol–water partition coefficient (Wildman–Crippen LogP) is 6.69. The van der Waals surface area contributed by atoms with Crippen molar-refractivity contribution in [3.63, 3.8) is 0 Å². The maximum Gasteiger partial charge on any atom is 0.153 e. The molecule has 3 nitrogen and oxygen atoms in total. The van der Waals surface area contributed by atoms with Crippen molar-refractivity contribution < 1.29 is 4.74 Å². The fourth-order valence-electron chi connectivity index (χ4n) is 5.12. The van der Waals surface area contributed by atoms with Crippen LogP contribution in [0.3, 0.4) is 0 Å². The maximum absolute atomic E-state index is 6.60. The smallest absolute Gasteiger partial charge is 0.153 e. The van der Waals surface area contributed by atoms with Gasteiger partial charge in [0.25, 0.3) is 0 Å². The van der Waals surface area contributed by atoms with Crippen LogP contribution in [0.5, 0.6) is 5.75 Å². The van der Waals surface area contributed by atoms with E-state index in [0.29, 0.717) is 6.17 Å². The van der Waals surface area contributed by atoms with Gasteiger partial charge in [-0.3, -0.25) is 9.80 Å². The van der Waals surface area contributed by atoms with Gasteiger partial charge in [-0.15, -0.1) is 0 Å². The third kappa shape index (κ3) is 4.84. The summed E-state index contributed by atoms with van der Waals surface area (Å²) >= 11 is 0. The molecule has 0 fully saturated rings. The summed E-state index contributed by atoms with van der Waals surface area (Å²) in [6, 6.07) is 19.7. The Morgan fingerprint density at radius 2 is 1.66 bits per heavy atom. The fraction of sp³-hybridized carbons (Fsp3) is 0.448. The predicted molar refractivity (Wildman–Crippen MR) is 135 cm³/mol. The molecule has 1 heterocycles. The molecule has 0 amide bonds. The van der Waals surface area contributed by atoms with E-state index in [1.54, 1.807) is 0 Å². The van der Waals surface area contributed by atoms with Crippen molar-refractivity contribution in [2.45, 2.75) is 72.3 Å². The minimum atomic E-state index is 0.0623. The Hall–Kier alpha value is -2.36. The number of benzene rings is 3. The number of hydrogen-bond donors (Lipinski definition) is 0. The quantitative estimate of drug-likeness (QED) is 0.370. The molecule has 4 rings (SSSR count). The van der Waals surface area contributed by atoms with Gasteiger partial charge in [0, 0.05) is 13.1 Å². The van der Waals surface area contributed by atoms with Crippen molar-refractivity contribution in [3.05, 3.63) is 76.9 Å². The van der Waals surface area contributed by atoms with Crippen molar-refractivity contribution in [1.29, 1.82) is 0 Å². The number of fused-ring (bicyclic) bond motifs is 2. The molecule has 0 spiro atoms. The van der Waals surface area contributed by atoms with Crippen LogP contribution in [0.2, 0.25) is 0 Å². The Morgan fingerprint density at radius 1 is 0.938 bits per heavy atom. The van der Waals surface area contributed by atoms with Crippen LogP contribution in [-0.2, 0) is 13.0 Å². The lowest BCUT2D eigenvalue weighted by Crippen LogP contribution is -2.53. The molecule has 0 bridgehead atoms. The van der Waals surface area contributed by atoms with Gasteiger partial charge in [-0.25, -0.2) is 0 Å². The van der Waals surface area contributed by atoms with Crippen LogP contribution in [0.25, 0.3) is 10.8 Å². The second-order valence-electron chi connectivity index (χ2n) is 9.35. The van der Waals surface area contributed by atoms with Crippen LogP contribution in [0.15, 0.2) is 54.6 Å². The summed E-state index contributed by atoms with van der Waals surface area (Å²) in [6.07, 6.45) is 4.75. The molecule has 1 aliphatic heterocycles. The van der Waals surface area contributed by atoms with Gasteiger partial charge in [0.1, 0.15) is 5.75 Å². The van der Waals surface area contributed by atoms with Crippen LogP contribution in [0.4, 0.5) is 0 Å². The molecule has 2 atom stereocenters. The summed E-state index contributed by atoms with van der Waals surface area (Å²) in [5.74, 6) is 0.957. The zero-order chi connectivity index (χ0) is 22.7. The Bertz CT molecular complexity index is 1060. The first-order valence-electron chi connectivity index (χ1n) is 12.2. The summed E-state index contributed by atoms with van der Waals surface area (Å²) in [7, 11) is 2.24. The summed E-state index contributed by atoms with van der Waals surface area (Å²) < 4.78 is 6.60. The largest absolute Gasteiger partial charge is 0.475 e. The van der Waals surface area contributed by atoms with E-state index in [4.69, 9.17) is 4.74 Å². The fourth-order valence-corrected chi connectivity index (χ4v) is 5.12. The van der Waals surface area contributed by atoms with Gasteiger partial charge in [0.15, 0.2) is 6.23 Å². The van der Waals surface area contributed by atoms with Gasteiger partial charge in [0.05, 0.1) is 6.17 Å². The van der Waals surface area contributed by atoms with Crippen molar-refractivity contribution in [2.24, 2.45) is 0 Å². The van der Waals surface area contributed by atoms with E-state index in [0.717, 1.165) is 44.5 Å². The zero-order valence-electron chi connectivity index (χ0n) is 20.4. The number of nitrogens with zero attached hydrogens (tertiary/aromatic N) is 2. The number of rotatable bonds is 8. The minimum Gasteiger partial charge on any atom is -0.475 e. The molecule has 0 N–H and O–H groups in total. The van der Waals surface area contributed by atoms with E-state index in [1.807, 2.05) is 0 Å². The van der Waals surface area contributed by atoms with Crippen LogP contribution >= 0.6 is 0 Å². The lowest BCUT2D eigenvalue weighted by Gasteiger charge is -2.43. The molecular weight excluding hydrogens is 392 g/mol. The summed E-state index contributed by atoms with van der Waals surface area (Å²) in [5.41, 5.74) is 5.83. The van der Waals surface area contributed by atoms with E-state index >= 15 is 0 Å². The molecule has 2 unspecified atom stereocenters. The van der Waals surface area contributed by atoms with Crippen LogP contribution < -0.4 is 4.74 Å². The third-order valence-corrected chi connectivity index (χ3v) is 7.10. The zero-order valence-corrected chi connectivity index (χ0v) is 20.4. The van der Waals surface area contributed by atoms with Crippen molar-refractivity contribution in [3.8, 4) is 5.75 Å². The van der Waals surface area contributed by atoms with Crippen molar-refractivity contribution in [2.75, 3.05) is 13.6 Å². The van der Waals surface area contributed by atoms with E-state index < -0.39 is 0 Å². The molecular formula is C29H38N2O. The SMILES string of the molecule is CCCC(Oc1ccc2ccccc2c1)N(C)C(CC)N1CCc2cc(C)c(C)cc2C1. The normalized spacial score (nSPS) is 16.2. The molecule has 1 aliphatic rings. The molecule has 0 aromatic heterocycles. The maximum atomic E-state index is 6.60. The topological polar surface area (TPSA) is 15.7 Å². The first-order chi connectivity index (χ1) is 15.5. The third-order valence-electron chi connectivity index (χ3n) is 7.10. The highest BCUT2D eigenvalue weighted by Crippen LogP contribution is 2.28. The lowest BCUT2D eigenvalue weighted by molar-refractivity contribution is -0.0558. The van der Waals surface area contributed by atoms with E-state index in [-0.39, 0.29) is 6.23 Å². The second kappa shape index (κ2) is 10.1. The Morgan fingerprint density at radius 3 is 2.38 bits per heavy atom. The van der Waals surface area contributed by atoms with E-state index in [1.165, 1.54) is 33.0 Å². The lowest BCUT2D eigenvalue weighted by atomic mass is 9.94. The van der Waals surface area contributed by atoms with Gasteiger partial charge in [-0.1, -0.05) is 62.7 Å². The molecule has 0 aliphatic carbocycles.